The van der Waals surface area contributed by atoms with Crippen molar-refractivity contribution in [2.24, 2.45) is 0 Å². The normalized spacial score (nSPS) is 12.9. The fourth-order valence-electron chi connectivity index (χ4n) is 1.79. The van der Waals surface area contributed by atoms with E-state index in [0.29, 0.717) is 0 Å². The van der Waals surface area contributed by atoms with Gasteiger partial charge in [0.2, 0.25) is 0 Å². The zero-order valence-electron chi connectivity index (χ0n) is 12.8. The molecule has 2 heterocycles. The lowest BCUT2D eigenvalue weighted by atomic mass is 9.92. The number of hydrogen-bond donors (Lipinski definition) is 1. The smallest absolute Gasteiger partial charge is 0.152 e. The van der Waals surface area contributed by atoms with Crippen molar-refractivity contribution >= 4 is 11.3 Å². The molecule has 0 aromatic carbocycles. The fourth-order valence-corrected chi connectivity index (χ4v) is 1.79. The van der Waals surface area contributed by atoms with Gasteiger partial charge in [-0.25, -0.2) is 9.50 Å². The standard InChI is InChI=1S/C15H24N4/c1-7-15(5,6)17-13-11-10-12(14(2,3)4)18-19(11)9-8-16-13/h8-10H,7H2,1-6H3,(H,16,17). The third-order valence-corrected chi connectivity index (χ3v) is 3.50. The van der Waals surface area contributed by atoms with Crippen LogP contribution in [0.3, 0.4) is 0 Å². The Hall–Kier alpha value is -1.58. The molecule has 2 aromatic heterocycles. The van der Waals surface area contributed by atoms with Gasteiger partial charge < -0.3 is 5.32 Å². The molecule has 4 nitrogen and oxygen atoms in total. The summed E-state index contributed by atoms with van der Waals surface area (Å²) < 4.78 is 1.90. The number of hydrogen-bond acceptors (Lipinski definition) is 3. The van der Waals surface area contributed by atoms with Crippen molar-refractivity contribution in [3.05, 3.63) is 24.2 Å². The van der Waals surface area contributed by atoms with E-state index in [1.54, 1.807) is 6.20 Å². The molecule has 2 aromatic rings. The predicted molar refractivity (Wildman–Crippen MR) is 79.7 cm³/mol. The molecule has 0 aliphatic heterocycles. The van der Waals surface area contributed by atoms with Crippen molar-refractivity contribution in [2.75, 3.05) is 5.32 Å². The van der Waals surface area contributed by atoms with Gasteiger partial charge in [0.1, 0.15) is 5.52 Å². The van der Waals surface area contributed by atoms with Gasteiger partial charge >= 0.3 is 0 Å². The lowest BCUT2D eigenvalue weighted by molar-refractivity contribution is 0.545. The van der Waals surface area contributed by atoms with E-state index in [1.807, 2.05) is 10.7 Å². The first-order valence-electron chi connectivity index (χ1n) is 6.86. The van der Waals surface area contributed by atoms with Gasteiger partial charge in [-0.15, -0.1) is 0 Å². The second-order valence-corrected chi connectivity index (χ2v) is 6.75. The number of nitrogens with one attached hydrogen (secondary N) is 1. The summed E-state index contributed by atoms with van der Waals surface area (Å²) in [4.78, 5) is 4.46. The molecule has 0 aliphatic rings. The number of rotatable bonds is 3. The molecular formula is C15H24N4. The van der Waals surface area contributed by atoms with E-state index < -0.39 is 0 Å². The van der Waals surface area contributed by atoms with Crippen LogP contribution in [0.5, 0.6) is 0 Å². The van der Waals surface area contributed by atoms with Crippen LogP contribution in [-0.2, 0) is 5.41 Å². The minimum Gasteiger partial charge on any atom is -0.363 e. The highest BCUT2D eigenvalue weighted by atomic mass is 15.2. The summed E-state index contributed by atoms with van der Waals surface area (Å²) >= 11 is 0. The molecule has 1 N–H and O–H groups in total. The number of anilines is 1. The van der Waals surface area contributed by atoms with Gasteiger partial charge in [-0.2, -0.15) is 5.10 Å². The van der Waals surface area contributed by atoms with Gasteiger partial charge in [-0.05, 0) is 26.3 Å². The molecule has 4 heteroatoms. The molecule has 0 radical (unpaired) electrons. The van der Waals surface area contributed by atoms with E-state index in [2.05, 4.69) is 63.0 Å². The van der Waals surface area contributed by atoms with Gasteiger partial charge in [0, 0.05) is 23.3 Å². The molecular weight excluding hydrogens is 236 g/mol. The third kappa shape index (κ3) is 2.88. The van der Waals surface area contributed by atoms with Crippen LogP contribution >= 0.6 is 0 Å². The Morgan fingerprint density at radius 3 is 2.47 bits per heavy atom. The van der Waals surface area contributed by atoms with Crippen LogP contribution in [0.25, 0.3) is 5.52 Å². The van der Waals surface area contributed by atoms with Crippen LogP contribution in [0.1, 0.15) is 53.7 Å². The summed E-state index contributed by atoms with van der Waals surface area (Å²) in [5.41, 5.74) is 2.19. The molecule has 0 saturated carbocycles. The topological polar surface area (TPSA) is 42.2 Å². The van der Waals surface area contributed by atoms with E-state index in [0.717, 1.165) is 23.4 Å². The minimum atomic E-state index is 0.0288. The van der Waals surface area contributed by atoms with Crippen molar-refractivity contribution in [3.8, 4) is 0 Å². The van der Waals surface area contributed by atoms with Crippen LogP contribution in [0, 0.1) is 0 Å². The molecule has 0 amide bonds. The quantitative estimate of drug-likeness (QED) is 0.916. The fraction of sp³-hybridized carbons (Fsp3) is 0.600. The summed E-state index contributed by atoms with van der Waals surface area (Å²) in [5, 5.41) is 8.14. The molecule has 0 aliphatic carbocycles. The Bertz CT molecular complexity index is 575. The molecule has 0 saturated heterocycles. The van der Waals surface area contributed by atoms with Gasteiger partial charge in [0.05, 0.1) is 5.69 Å². The molecule has 2 rings (SSSR count). The van der Waals surface area contributed by atoms with E-state index in [4.69, 9.17) is 0 Å². The molecule has 0 fully saturated rings. The van der Waals surface area contributed by atoms with Crippen molar-refractivity contribution in [2.45, 2.75) is 58.9 Å². The number of aromatic nitrogens is 3. The van der Waals surface area contributed by atoms with Gasteiger partial charge in [-0.1, -0.05) is 27.7 Å². The summed E-state index contributed by atoms with van der Waals surface area (Å²) in [6, 6.07) is 2.13. The van der Waals surface area contributed by atoms with Crippen molar-refractivity contribution in [3.63, 3.8) is 0 Å². The average Bonchev–Trinajstić information content (AvgIpc) is 2.73. The first-order chi connectivity index (χ1) is 8.73. The van der Waals surface area contributed by atoms with Crippen molar-refractivity contribution in [1.82, 2.24) is 14.6 Å². The zero-order chi connectivity index (χ0) is 14.3. The maximum atomic E-state index is 4.64. The first-order valence-corrected chi connectivity index (χ1v) is 6.86. The van der Waals surface area contributed by atoms with Crippen LogP contribution in [0.15, 0.2) is 18.5 Å². The molecule has 0 spiro atoms. The van der Waals surface area contributed by atoms with E-state index >= 15 is 0 Å². The zero-order valence-corrected chi connectivity index (χ0v) is 12.8. The maximum absolute atomic E-state index is 4.64. The Morgan fingerprint density at radius 2 is 1.89 bits per heavy atom. The van der Waals surface area contributed by atoms with Crippen molar-refractivity contribution < 1.29 is 0 Å². The third-order valence-electron chi connectivity index (χ3n) is 3.50. The average molecular weight is 260 g/mol. The highest BCUT2D eigenvalue weighted by Gasteiger charge is 2.21. The molecule has 19 heavy (non-hydrogen) atoms. The summed E-state index contributed by atoms with van der Waals surface area (Å²) in [6.45, 7) is 13.0. The number of nitrogens with zero attached hydrogens (tertiary/aromatic N) is 3. The molecule has 0 atom stereocenters. The van der Waals surface area contributed by atoms with Crippen LogP contribution in [0.2, 0.25) is 0 Å². The molecule has 104 valence electrons. The Morgan fingerprint density at radius 1 is 1.21 bits per heavy atom. The second kappa shape index (κ2) is 4.51. The molecule has 0 bridgehead atoms. The highest BCUT2D eigenvalue weighted by Crippen LogP contribution is 2.26. The van der Waals surface area contributed by atoms with Crippen LogP contribution in [-0.4, -0.2) is 20.1 Å². The summed E-state index contributed by atoms with van der Waals surface area (Å²) in [6.07, 6.45) is 4.73. The Kier molecular flexibility index (Phi) is 3.29. The van der Waals surface area contributed by atoms with E-state index in [1.165, 1.54) is 0 Å². The van der Waals surface area contributed by atoms with Crippen LogP contribution < -0.4 is 5.32 Å². The Labute approximate surface area is 115 Å². The second-order valence-electron chi connectivity index (χ2n) is 6.75. The lowest BCUT2D eigenvalue weighted by Gasteiger charge is -2.25. The van der Waals surface area contributed by atoms with E-state index in [-0.39, 0.29) is 11.0 Å². The van der Waals surface area contributed by atoms with Crippen LogP contribution in [0.4, 0.5) is 5.82 Å². The summed E-state index contributed by atoms with van der Waals surface area (Å²) in [7, 11) is 0. The first kappa shape index (κ1) is 13.8. The largest absolute Gasteiger partial charge is 0.363 e. The van der Waals surface area contributed by atoms with E-state index in [9.17, 15) is 0 Å². The minimum absolute atomic E-state index is 0.0288. The predicted octanol–water partition coefficient (Wildman–Crippen LogP) is 3.63. The number of fused-ring (bicyclic) bond motifs is 1. The maximum Gasteiger partial charge on any atom is 0.152 e. The van der Waals surface area contributed by atoms with Gasteiger partial charge in [0.15, 0.2) is 5.82 Å². The lowest BCUT2D eigenvalue weighted by Crippen LogP contribution is -2.30. The highest BCUT2D eigenvalue weighted by molar-refractivity contribution is 5.68. The monoisotopic (exact) mass is 260 g/mol. The van der Waals surface area contributed by atoms with Gasteiger partial charge in [-0.3, -0.25) is 0 Å². The summed E-state index contributed by atoms with van der Waals surface area (Å²) in [5.74, 6) is 0.900. The Balaban J connectivity index is 2.48. The SMILES string of the molecule is CCC(C)(C)Nc1nccn2nc(C(C)(C)C)cc12. The molecule has 0 unspecified atom stereocenters. The van der Waals surface area contributed by atoms with Crippen molar-refractivity contribution in [1.29, 1.82) is 0 Å². The van der Waals surface area contributed by atoms with Gasteiger partial charge in [0.25, 0.3) is 0 Å².